The molecule has 2 atom stereocenters. The lowest BCUT2D eigenvalue weighted by Gasteiger charge is -2.35. The third-order valence-corrected chi connectivity index (χ3v) is 2.87. The summed E-state index contributed by atoms with van der Waals surface area (Å²) in [6.07, 6.45) is 0.659. The number of hydrogen-bond acceptors (Lipinski definition) is 4. The molecular weight excluding hydrogens is 196 g/mol. The number of carboxylic acids is 1. The fourth-order valence-corrected chi connectivity index (χ4v) is 2.04. The van der Waals surface area contributed by atoms with Crippen molar-refractivity contribution in [3.05, 3.63) is 0 Å². The van der Waals surface area contributed by atoms with E-state index in [0.29, 0.717) is 19.5 Å². The Morgan fingerprint density at radius 1 is 1.53 bits per heavy atom. The van der Waals surface area contributed by atoms with Gasteiger partial charge >= 0.3 is 5.97 Å². The molecule has 5 nitrogen and oxygen atoms in total. The van der Waals surface area contributed by atoms with Gasteiger partial charge in [0.2, 0.25) is 0 Å². The first kappa shape index (κ1) is 12.4. The maximum absolute atomic E-state index is 10.9. The number of likely N-dealkylation sites (tertiary alicyclic amines) is 1. The van der Waals surface area contributed by atoms with E-state index in [1.807, 2.05) is 6.92 Å². The molecule has 1 fully saturated rings. The highest BCUT2D eigenvalue weighted by Crippen LogP contribution is 2.16. The number of carboxylic acid groups (broad SMARTS) is 1. The fraction of sp³-hybridized carbons (Fsp3) is 0.900. The number of carbonyl (C=O) groups is 1. The minimum atomic E-state index is -0.719. The normalized spacial score (nSPS) is 27.9. The van der Waals surface area contributed by atoms with E-state index in [-0.39, 0.29) is 18.6 Å². The number of aliphatic hydroxyl groups is 1. The van der Waals surface area contributed by atoms with E-state index in [0.717, 1.165) is 13.1 Å². The second-order valence-electron chi connectivity index (χ2n) is 4.00. The molecule has 1 rings (SSSR count). The van der Waals surface area contributed by atoms with Gasteiger partial charge in [0.05, 0.1) is 12.5 Å². The van der Waals surface area contributed by atoms with Crippen LogP contribution >= 0.6 is 0 Å². The zero-order valence-corrected chi connectivity index (χ0v) is 9.15. The molecule has 0 spiro atoms. The summed E-state index contributed by atoms with van der Waals surface area (Å²) in [6.45, 7) is 5.06. The molecule has 88 valence electrons. The maximum atomic E-state index is 10.9. The van der Waals surface area contributed by atoms with Crippen molar-refractivity contribution < 1.29 is 15.0 Å². The van der Waals surface area contributed by atoms with Crippen molar-refractivity contribution in [2.24, 2.45) is 5.92 Å². The van der Waals surface area contributed by atoms with Gasteiger partial charge in [0.15, 0.2) is 0 Å². The summed E-state index contributed by atoms with van der Waals surface area (Å²) >= 11 is 0. The monoisotopic (exact) mass is 216 g/mol. The topological polar surface area (TPSA) is 72.8 Å². The summed E-state index contributed by atoms with van der Waals surface area (Å²) in [6, 6.07) is 0.187. The Hall–Kier alpha value is -0.650. The van der Waals surface area contributed by atoms with Crippen LogP contribution in [0.25, 0.3) is 0 Å². The van der Waals surface area contributed by atoms with Crippen molar-refractivity contribution in [3.8, 4) is 0 Å². The van der Waals surface area contributed by atoms with E-state index in [2.05, 4.69) is 10.2 Å². The highest BCUT2D eigenvalue weighted by atomic mass is 16.4. The van der Waals surface area contributed by atoms with Crippen LogP contribution in [0.15, 0.2) is 0 Å². The molecule has 1 aliphatic rings. The van der Waals surface area contributed by atoms with Gasteiger partial charge in [0, 0.05) is 25.7 Å². The summed E-state index contributed by atoms with van der Waals surface area (Å²) in [5.74, 6) is -1.00. The lowest BCUT2D eigenvalue weighted by molar-refractivity contribution is -0.144. The molecule has 0 bridgehead atoms. The first-order valence-corrected chi connectivity index (χ1v) is 5.46. The second-order valence-corrected chi connectivity index (χ2v) is 4.00. The Morgan fingerprint density at radius 3 is 2.80 bits per heavy atom. The Balaban J connectivity index is 2.47. The minimum absolute atomic E-state index is 0.0976. The molecule has 1 heterocycles. The molecule has 5 heteroatoms. The van der Waals surface area contributed by atoms with Gasteiger partial charge < -0.3 is 20.4 Å². The average molecular weight is 216 g/mol. The lowest BCUT2D eigenvalue weighted by atomic mass is 9.94. The van der Waals surface area contributed by atoms with Gasteiger partial charge in [0.25, 0.3) is 0 Å². The standard InChI is InChI=1S/C10H20N2O3/c1-2-12-6-8(10(14)15)5-9(7-12)11-3-4-13/h8-9,11,13H,2-7H2,1H3,(H,14,15). The van der Waals surface area contributed by atoms with Gasteiger partial charge in [-0.15, -0.1) is 0 Å². The number of nitrogens with one attached hydrogen (secondary N) is 1. The minimum Gasteiger partial charge on any atom is -0.481 e. The van der Waals surface area contributed by atoms with Crippen LogP contribution < -0.4 is 5.32 Å². The first-order valence-electron chi connectivity index (χ1n) is 5.46. The van der Waals surface area contributed by atoms with Crippen LogP contribution in [0, 0.1) is 5.92 Å². The number of rotatable bonds is 5. The zero-order valence-electron chi connectivity index (χ0n) is 9.15. The molecule has 0 radical (unpaired) electrons. The number of aliphatic hydroxyl groups excluding tert-OH is 1. The van der Waals surface area contributed by atoms with E-state index >= 15 is 0 Å². The molecular formula is C10H20N2O3. The third kappa shape index (κ3) is 3.77. The molecule has 15 heavy (non-hydrogen) atoms. The Labute approximate surface area is 90.1 Å². The predicted molar refractivity (Wildman–Crippen MR) is 56.7 cm³/mol. The molecule has 0 aromatic rings. The SMILES string of the molecule is CCN1CC(NCCO)CC(C(=O)O)C1. The van der Waals surface area contributed by atoms with Crippen molar-refractivity contribution in [2.75, 3.05) is 32.8 Å². The van der Waals surface area contributed by atoms with Crippen molar-refractivity contribution in [3.63, 3.8) is 0 Å². The predicted octanol–water partition coefficient (Wildman–Crippen LogP) is -0.637. The molecule has 0 aromatic carbocycles. The van der Waals surface area contributed by atoms with Crippen molar-refractivity contribution >= 4 is 5.97 Å². The number of likely N-dealkylation sites (N-methyl/N-ethyl adjacent to an activating group) is 1. The van der Waals surface area contributed by atoms with Gasteiger partial charge in [-0.1, -0.05) is 6.92 Å². The molecule has 1 saturated heterocycles. The van der Waals surface area contributed by atoms with E-state index in [1.165, 1.54) is 0 Å². The third-order valence-electron chi connectivity index (χ3n) is 2.87. The van der Waals surface area contributed by atoms with Crippen molar-refractivity contribution in [1.82, 2.24) is 10.2 Å². The largest absolute Gasteiger partial charge is 0.481 e. The van der Waals surface area contributed by atoms with Gasteiger partial charge in [-0.25, -0.2) is 0 Å². The first-order chi connectivity index (χ1) is 7.17. The van der Waals surface area contributed by atoms with E-state index in [4.69, 9.17) is 10.2 Å². The highest BCUT2D eigenvalue weighted by Gasteiger charge is 2.30. The van der Waals surface area contributed by atoms with Crippen molar-refractivity contribution in [2.45, 2.75) is 19.4 Å². The molecule has 3 N–H and O–H groups in total. The van der Waals surface area contributed by atoms with Crippen LogP contribution in [0.3, 0.4) is 0 Å². The summed E-state index contributed by atoms with van der Waals surface area (Å²) < 4.78 is 0. The fourth-order valence-electron chi connectivity index (χ4n) is 2.04. The van der Waals surface area contributed by atoms with Crippen LogP contribution in [0.2, 0.25) is 0 Å². The van der Waals surface area contributed by atoms with E-state index in [1.54, 1.807) is 0 Å². The Bertz CT molecular complexity index is 211. The van der Waals surface area contributed by atoms with Crippen LogP contribution in [-0.4, -0.2) is 59.9 Å². The van der Waals surface area contributed by atoms with Gasteiger partial charge in [-0.05, 0) is 13.0 Å². The Morgan fingerprint density at radius 2 is 2.27 bits per heavy atom. The molecule has 0 saturated carbocycles. The molecule has 0 aliphatic carbocycles. The number of nitrogens with zero attached hydrogens (tertiary/aromatic N) is 1. The van der Waals surface area contributed by atoms with Gasteiger partial charge in [-0.2, -0.15) is 0 Å². The van der Waals surface area contributed by atoms with Gasteiger partial charge in [0.1, 0.15) is 0 Å². The quantitative estimate of drug-likeness (QED) is 0.570. The maximum Gasteiger partial charge on any atom is 0.307 e. The highest BCUT2D eigenvalue weighted by molar-refractivity contribution is 5.70. The average Bonchev–Trinajstić information content (AvgIpc) is 2.25. The molecule has 0 amide bonds. The summed E-state index contributed by atoms with van der Waals surface area (Å²) in [7, 11) is 0. The van der Waals surface area contributed by atoms with Crippen LogP contribution in [0.1, 0.15) is 13.3 Å². The Kier molecular flexibility index (Phi) is 5.01. The number of piperidine rings is 1. The molecule has 0 aromatic heterocycles. The molecule has 1 aliphatic heterocycles. The van der Waals surface area contributed by atoms with E-state index < -0.39 is 5.97 Å². The number of aliphatic carboxylic acids is 1. The van der Waals surface area contributed by atoms with Crippen LogP contribution in [0.5, 0.6) is 0 Å². The van der Waals surface area contributed by atoms with Gasteiger partial charge in [-0.3, -0.25) is 4.79 Å². The lowest BCUT2D eigenvalue weighted by Crippen LogP contribution is -2.51. The zero-order chi connectivity index (χ0) is 11.3. The smallest absolute Gasteiger partial charge is 0.307 e. The molecule has 2 unspecified atom stereocenters. The summed E-state index contributed by atoms with van der Waals surface area (Å²) in [4.78, 5) is 13.1. The van der Waals surface area contributed by atoms with E-state index in [9.17, 15) is 4.79 Å². The second kappa shape index (κ2) is 6.05. The summed E-state index contributed by atoms with van der Waals surface area (Å²) in [5, 5.41) is 20.9. The van der Waals surface area contributed by atoms with Crippen LogP contribution in [-0.2, 0) is 4.79 Å². The van der Waals surface area contributed by atoms with Crippen LogP contribution in [0.4, 0.5) is 0 Å². The summed E-state index contributed by atoms with van der Waals surface area (Å²) in [5.41, 5.74) is 0. The van der Waals surface area contributed by atoms with Crippen molar-refractivity contribution in [1.29, 1.82) is 0 Å². The number of hydrogen-bond donors (Lipinski definition) is 3.